The van der Waals surface area contributed by atoms with Crippen molar-refractivity contribution >= 4 is 34.8 Å². The number of carbonyl (C=O) groups excluding carboxylic acids is 2. The molecule has 0 saturated heterocycles. The van der Waals surface area contributed by atoms with E-state index in [-0.39, 0.29) is 23.1 Å². The van der Waals surface area contributed by atoms with Crippen LogP contribution in [0.5, 0.6) is 11.5 Å². The van der Waals surface area contributed by atoms with Crippen LogP contribution in [0.4, 0.5) is 15.8 Å². The van der Waals surface area contributed by atoms with Crippen LogP contribution in [0.25, 0.3) is 0 Å². The first-order valence-electron chi connectivity index (χ1n) is 10.9. The van der Waals surface area contributed by atoms with Gasteiger partial charge in [-0.25, -0.2) is 4.39 Å². The van der Waals surface area contributed by atoms with E-state index >= 15 is 0 Å². The van der Waals surface area contributed by atoms with Crippen molar-refractivity contribution in [3.8, 4) is 11.5 Å². The van der Waals surface area contributed by atoms with E-state index in [0.29, 0.717) is 30.3 Å². The Labute approximate surface area is 202 Å². The summed E-state index contributed by atoms with van der Waals surface area (Å²) in [6.07, 6.45) is 1.48. The molecule has 0 aliphatic carbocycles. The molecule has 0 aromatic heterocycles. The number of anilines is 2. The van der Waals surface area contributed by atoms with Gasteiger partial charge in [0, 0.05) is 12.2 Å². The summed E-state index contributed by atoms with van der Waals surface area (Å²) in [5, 5.41) is 2.67. The molecule has 34 heavy (non-hydrogen) atoms. The number of rotatable bonds is 8. The molecule has 3 aromatic carbocycles. The molecule has 0 atom stereocenters. The zero-order valence-corrected chi connectivity index (χ0v) is 19.4. The molecule has 1 aliphatic rings. The number of fused-ring (bicyclic) bond motifs is 1. The number of benzene rings is 3. The fourth-order valence-corrected chi connectivity index (χ4v) is 3.95. The number of halogens is 2. The van der Waals surface area contributed by atoms with Crippen molar-refractivity contribution in [3.05, 3.63) is 82.6 Å². The number of unbranched alkanes of at least 4 members (excludes halogenated alkanes) is 1. The third-order valence-corrected chi connectivity index (χ3v) is 5.79. The molecule has 6 nitrogen and oxygen atoms in total. The summed E-state index contributed by atoms with van der Waals surface area (Å²) < 4.78 is 25.5. The zero-order valence-electron chi connectivity index (χ0n) is 18.6. The van der Waals surface area contributed by atoms with Gasteiger partial charge in [0.1, 0.15) is 17.3 Å². The van der Waals surface area contributed by atoms with Crippen LogP contribution in [0.3, 0.4) is 0 Å². The number of hydrogen-bond acceptors (Lipinski definition) is 4. The minimum atomic E-state index is -0.712. The highest BCUT2D eigenvalue weighted by atomic mass is 35.5. The van der Waals surface area contributed by atoms with Gasteiger partial charge in [0.25, 0.3) is 11.8 Å². The summed E-state index contributed by atoms with van der Waals surface area (Å²) in [5.41, 5.74) is 1.79. The molecule has 1 N–H and O–H groups in total. The molecule has 3 aromatic rings. The van der Waals surface area contributed by atoms with Gasteiger partial charge in [0.15, 0.2) is 6.61 Å². The Bertz CT molecular complexity index is 1200. The minimum absolute atomic E-state index is 0.0171. The normalized spacial score (nSPS) is 12.7. The Kier molecular flexibility index (Phi) is 7.33. The molecule has 8 heteroatoms. The molecule has 1 heterocycles. The first-order chi connectivity index (χ1) is 16.4. The smallest absolute Gasteiger partial charge is 0.265 e. The number of hydrogen-bond donors (Lipinski definition) is 1. The van der Waals surface area contributed by atoms with E-state index in [9.17, 15) is 14.0 Å². The van der Waals surface area contributed by atoms with Crippen molar-refractivity contribution in [2.45, 2.75) is 19.8 Å². The summed E-state index contributed by atoms with van der Waals surface area (Å²) in [4.78, 5) is 26.8. The average molecular weight is 483 g/mol. The van der Waals surface area contributed by atoms with Crippen molar-refractivity contribution in [2.24, 2.45) is 0 Å². The van der Waals surface area contributed by atoms with Crippen molar-refractivity contribution in [1.82, 2.24) is 0 Å². The maximum absolute atomic E-state index is 14.1. The second-order valence-corrected chi connectivity index (χ2v) is 8.30. The quantitative estimate of drug-likeness (QED) is 0.423. The van der Waals surface area contributed by atoms with Crippen LogP contribution in [0.2, 0.25) is 5.02 Å². The number of nitrogens with one attached hydrogen (secondary N) is 1. The van der Waals surface area contributed by atoms with Gasteiger partial charge >= 0.3 is 0 Å². The predicted molar refractivity (Wildman–Crippen MR) is 130 cm³/mol. The summed E-state index contributed by atoms with van der Waals surface area (Å²) in [6, 6.07) is 16.8. The monoisotopic (exact) mass is 482 g/mol. The van der Waals surface area contributed by atoms with Gasteiger partial charge in [0.05, 0.1) is 22.9 Å². The molecule has 0 bridgehead atoms. The van der Waals surface area contributed by atoms with Crippen LogP contribution in [0.1, 0.15) is 28.8 Å². The first-order valence-corrected chi connectivity index (χ1v) is 11.3. The lowest BCUT2D eigenvalue weighted by atomic mass is 10.1. The van der Waals surface area contributed by atoms with Gasteiger partial charge < -0.3 is 19.7 Å². The minimum Gasteiger partial charge on any atom is -0.493 e. The van der Waals surface area contributed by atoms with E-state index in [0.717, 1.165) is 24.2 Å². The Morgan fingerprint density at radius 3 is 2.76 bits per heavy atom. The highest BCUT2D eigenvalue weighted by Crippen LogP contribution is 2.35. The maximum atomic E-state index is 14.1. The highest BCUT2D eigenvalue weighted by molar-refractivity contribution is 6.34. The molecule has 2 amide bonds. The van der Waals surface area contributed by atoms with Crippen LogP contribution in [-0.2, 0) is 4.79 Å². The van der Waals surface area contributed by atoms with Crippen molar-refractivity contribution in [1.29, 1.82) is 0 Å². The third kappa shape index (κ3) is 5.31. The molecule has 4 rings (SSSR count). The standard InChI is InChI=1S/C26H24ClFN2O4/c1-17-7-2-3-10-22(17)33-14-5-4-13-30-21-15-18(11-12-23(21)34-16-24(30)31)29-26(32)25-19(27)8-6-9-20(25)28/h2-3,6-12,15H,4-5,13-14,16H2,1H3,(H,29,32). The maximum Gasteiger partial charge on any atom is 0.265 e. The van der Waals surface area contributed by atoms with E-state index in [1.54, 1.807) is 23.1 Å². The van der Waals surface area contributed by atoms with Gasteiger partial charge in [-0.15, -0.1) is 0 Å². The molecule has 0 spiro atoms. The summed E-state index contributed by atoms with van der Waals surface area (Å²) in [7, 11) is 0. The third-order valence-electron chi connectivity index (χ3n) is 5.48. The average Bonchev–Trinajstić information content (AvgIpc) is 2.81. The van der Waals surface area contributed by atoms with Gasteiger partial charge in [-0.2, -0.15) is 0 Å². The van der Waals surface area contributed by atoms with Crippen LogP contribution in [0.15, 0.2) is 60.7 Å². The largest absolute Gasteiger partial charge is 0.493 e. The van der Waals surface area contributed by atoms with Crippen molar-refractivity contribution < 1.29 is 23.5 Å². The second-order valence-electron chi connectivity index (χ2n) is 7.89. The van der Waals surface area contributed by atoms with Gasteiger partial charge in [-0.1, -0.05) is 35.9 Å². The highest BCUT2D eigenvalue weighted by Gasteiger charge is 2.26. The number of ether oxygens (including phenoxy) is 2. The molecule has 0 unspecified atom stereocenters. The van der Waals surface area contributed by atoms with Crippen LogP contribution < -0.4 is 19.7 Å². The summed E-state index contributed by atoms with van der Waals surface area (Å²) >= 11 is 5.99. The van der Waals surface area contributed by atoms with E-state index < -0.39 is 11.7 Å². The van der Waals surface area contributed by atoms with Crippen LogP contribution in [0, 0.1) is 12.7 Å². The topological polar surface area (TPSA) is 67.9 Å². The lowest BCUT2D eigenvalue weighted by Crippen LogP contribution is -2.39. The number of carbonyl (C=O) groups is 2. The number of para-hydroxylation sites is 1. The summed E-state index contributed by atoms with van der Waals surface area (Å²) in [5.74, 6) is -0.168. The molecule has 176 valence electrons. The predicted octanol–water partition coefficient (Wildman–Crippen LogP) is 5.62. The molecule has 0 fully saturated rings. The lowest BCUT2D eigenvalue weighted by Gasteiger charge is -2.30. The SMILES string of the molecule is Cc1ccccc1OCCCCN1C(=O)COc2ccc(NC(=O)c3c(F)cccc3Cl)cc21. The Hall–Kier alpha value is -3.58. The molecule has 1 aliphatic heterocycles. The number of nitrogens with zero attached hydrogens (tertiary/aromatic N) is 1. The molecular weight excluding hydrogens is 459 g/mol. The van der Waals surface area contributed by atoms with E-state index in [2.05, 4.69) is 5.32 Å². The van der Waals surface area contributed by atoms with E-state index in [1.807, 2.05) is 31.2 Å². The van der Waals surface area contributed by atoms with Gasteiger partial charge in [-0.3, -0.25) is 9.59 Å². The van der Waals surface area contributed by atoms with E-state index in [1.165, 1.54) is 18.2 Å². The van der Waals surface area contributed by atoms with Crippen LogP contribution in [-0.4, -0.2) is 31.6 Å². The molecular formula is C26H24ClFN2O4. The zero-order chi connectivity index (χ0) is 24.1. The van der Waals surface area contributed by atoms with Gasteiger partial charge in [-0.05, 0) is 61.7 Å². The Morgan fingerprint density at radius 1 is 1.15 bits per heavy atom. The Morgan fingerprint density at radius 2 is 1.97 bits per heavy atom. The fraction of sp³-hybridized carbons (Fsp3) is 0.231. The number of amides is 2. The first kappa shape index (κ1) is 23.6. The van der Waals surface area contributed by atoms with Crippen molar-refractivity contribution in [2.75, 3.05) is 30.0 Å². The lowest BCUT2D eigenvalue weighted by molar-refractivity contribution is -0.121. The van der Waals surface area contributed by atoms with Crippen molar-refractivity contribution in [3.63, 3.8) is 0 Å². The van der Waals surface area contributed by atoms with E-state index in [4.69, 9.17) is 21.1 Å². The Balaban J connectivity index is 1.41. The molecule has 0 radical (unpaired) electrons. The second kappa shape index (κ2) is 10.6. The fourth-order valence-electron chi connectivity index (χ4n) is 3.71. The number of aryl methyl sites for hydroxylation is 1. The molecule has 0 saturated carbocycles. The van der Waals surface area contributed by atoms with Crippen LogP contribution >= 0.6 is 11.6 Å². The van der Waals surface area contributed by atoms with Gasteiger partial charge in [0.2, 0.25) is 0 Å². The summed E-state index contributed by atoms with van der Waals surface area (Å²) in [6.45, 7) is 2.96.